The SMILES string of the molecule is CN(C)C(=O)CCOc1ccc(C(N)=S)cc1. The first-order valence-electron chi connectivity index (χ1n) is 5.23. The maximum atomic E-state index is 11.3. The Hall–Kier alpha value is -1.62. The van der Waals surface area contributed by atoms with Gasteiger partial charge in [0.25, 0.3) is 0 Å². The van der Waals surface area contributed by atoms with Crippen LogP contribution in [0.15, 0.2) is 24.3 Å². The number of nitrogens with two attached hydrogens (primary N) is 1. The van der Waals surface area contributed by atoms with E-state index in [-0.39, 0.29) is 5.91 Å². The van der Waals surface area contributed by atoms with Crippen LogP contribution in [0, 0.1) is 0 Å². The molecule has 0 aliphatic carbocycles. The number of benzene rings is 1. The molecule has 92 valence electrons. The highest BCUT2D eigenvalue weighted by atomic mass is 32.1. The zero-order valence-corrected chi connectivity index (χ0v) is 10.8. The van der Waals surface area contributed by atoms with Crippen LogP contribution in [-0.4, -0.2) is 36.5 Å². The highest BCUT2D eigenvalue weighted by molar-refractivity contribution is 7.80. The van der Waals surface area contributed by atoms with Crippen molar-refractivity contribution in [2.75, 3.05) is 20.7 Å². The van der Waals surface area contributed by atoms with E-state index in [4.69, 9.17) is 22.7 Å². The van der Waals surface area contributed by atoms with Crippen LogP contribution in [0.1, 0.15) is 12.0 Å². The number of carbonyl (C=O) groups excluding carboxylic acids is 1. The van der Waals surface area contributed by atoms with Crippen molar-refractivity contribution >= 4 is 23.1 Å². The molecule has 0 heterocycles. The van der Waals surface area contributed by atoms with E-state index in [1.165, 1.54) is 0 Å². The van der Waals surface area contributed by atoms with Gasteiger partial charge >= 0.3 is 0 Å². The van der Waals surface area contributed by atoms with Crippen LogP contribution in [-0.2, 0) is 4.79 Å². The zero-order chi connectivity index (χ0) is 12.8. The Bertz CT molecular complexity index is 401. The van der Waals surface area contributed by atoms with Crippen LogP contribution in [0.3, 0.4) is 0 Å². The molecule has 1 rings (SSSR count). The molecule has 1 amide bonds. The molecule has 5 heteroatoms. The van der Waals surface area contributed by atoms with E-state index in [9.17, 15) is 4.79 Å². The van der Waals surface area contributed by atoms with Crippen LogP contribution in [0.5, 0.6) is 5.75 Å². The third kappa shape index (κ3) is 4.40. The van der Waals surface area contributed by atoms with Gasteiger partial charge in [0.1, 0.15) is 10.7 Å². The maximum Gasteiger partial charge on any atom is 0.225 e. The Labute approximate surface area is 106 Å². The quantitative estimate of drug-likeness (QED) is 0.799. The lowest BCUT2D eigenvalue weighted by molar-refractivity contribution is -0.129. The molecule has 4 nitrogen and oxygen atoms in total. The Morgan fingerprint density at radius 3 is 2.41 bits per heavy atom. The van der Waals surface area contributed by atoms with Crippen molar-refractivity contribution in [3.05, 3.63) is 29.8 Å². The first-order valence-corrected chi connectivity index (χ1v) is 5.64. The van der Waals surface area contributed by atoms with Gasteiger partial charge in [0.2, 0.25) is 5.91 Å². The summed E-state index contributed by atoms with van der Waals surface area (Å²) in [5.41, 5.74) is 6.28. The van der Waals surface area contributed by atoms with Gasteiger partial charge in [-0.15, -0.1) is 0 Å². The van der Waals surface area contributed by atoms with E-state index in [0.29, 0.717) is 23.8 Å². The van der Waals surface area contributed by atoms with Crippen molar-refractivity contribution in [3.63, 3.8) is 0 Å². The van der Waals surface area contributed by atoms with Crippen molar-refractivity contribution in [3.8, 4) is 5.75 Å². The lowest BCUT2D eigenvalue weighted by Crippen LogP contribution is -2.23. The van der Waals surface area contributed by atoms with Gasteiger partial charge in [-0.1, -0.05) is 12.2 Å². The molecule has 2 N–H and O–H groups in total. The fraction of sp³-hybridized carbons (Fsp3) is 0.333. The Morgan fingerprint density at radius 1 is 1.35 bits per heavy atom. The summed E-state index contributed by atoms with van der Waals surface area (Å²) in [6, 6.07) is 7.17. The molecular formula is C12H16N2O2S. The number of hydrogen-bond donors (Lipinski definition) is 1. The van der Waals surface area contributed by atoms with Crippen LogP contribution in [0.2, 0.25) is 0 Å². The average molecular weight is 252 g/mol. The Balaban J connectivity index is 2.42. The van der Waals surface area contributed by atoms with E-state index in [1.54, 1.807) is 43.3 Å². The summed E-state index contributed by atoms with van der Waals surface area (Å²) >= 11 is 4.84. The number of rotatable bonds is 5. The van der Waals surface area contributed by atoms with Crippen molar-refractivity contribution in [2.45, 2.75) is 6.42 Å². The minimum Gasteiger partial charge on any atom is -0.493 e. The summed E-state index contributed by atoms with van der Waals surface area (Å²) in [6.45, 7) is 0.365. The predicted molar refractivity (Wildman–Crippen MR) is 71.1 cm³/mol. The van der Waals surface area contributed by atoms with Crippen LogP contribution in [0.4, 0.5) is 0 Å². The molecular weight excluding hydrogens is 236 g/mol. The molecule has 0 fully saturated rings. The summed E-state index contributed by atoms with van der Waals surface area (Å²) < 4.78 is 5.43. The van der Waals surface area contributed by atoms with E-state index >= 15 is 0 Å². The molecule has 17 heavy (non-hydrogen) atoms. The molecule has 0 atom stereocenters. The monoisotopic (exact) mass is 252 g/mol. The molecule has 1 aromatic rings. The largest absolute Gasteiger partial charge is 0.493 e. The smallest absolute Gasteiger partial charge is 0.225 e. The summed E-state index contributed by atoms with van der Waals surface area (Å²) in [5, 5.41) is 0. The minimum absolute atomic E-state index is 0.0461. The predicted octanol–water partition coefficient (Wildman–Crippen LogP) is 1.18. The van der Waals surface area contributed by atoms with Crippen LogP contribution >= 0.6 is 12.2 Å². The molecule has 0 spiro atoms. The lowest BCUT2D eigenvalue weighted by Gasteiger charge is -2.11. The number of amides is 1. The molecule has 0 unspecified atom stereocenters. The van der Waals surface area contributed by atoms with Crippen molar-refractivity contribution in [1.29, 1.82) is 0 Å². The zero-order valence-electron chi connectivity index (χ0n) is 9.97. The highest BCUT2D eigenvalue weighted by Gasteiger charge is 2.04. The standard InChI is InChI=1S/C12H16N2O2S/c1-14(2)11(15)7-8-16-10-5-3-9(4-6-10)12(13)17/h3-6H,7-8H2,1-2H3,(H2,13,17). The maximum absolute atomic E-state index is 11.3. The summed E-state index contributed by atoms with van der Waals surface area (Å²) in [5.74, 6) is 0.751. The van der Waals surface area contributed by atoms with Gasteiger partial charge in [0, 0.05) is 19.7 Å². The highest BCUT2D eigenvalue weighted by Crippen LogP contribution is 2.12. The number of ether oxygens (including phenoxy) is 1. The summed E-state index contributed by atoms with van der Waals surface area (Å²) in [7, 11) is 3.44. The number of hydrogen-bond acceptors (Lipinski definition) is 3. The molecule has 0 aromatic heterocycles. The Morgan fingerprint density at radius 2 is 1.94 bits per heavy atom. The fourth-order valence-corrected chi connectivity index (χ4v) is 1.33. The molecule has 1 aromatic carbocycles. The van der Waals surface area contributed by atoms with Gasteiger partial charge in [-0.3, -0.25) is 4.79 Å². The van der Waals surface area contributed by atoms with Gasteiger partial charge in [-0.25, -0.2) is 0 Å². The van der Waals surface area contributed by atoms with Gasteiger partial charge in [-0.05, 0) is 24.3 Å². The Kier molecular flexibility index (Phi) is 4.90. The average Bonchev–Trinajstić information content (AvgIpc) is 2.29. The summed E-state index contributed by atoms with van der Waals surface area (Å²) in [4.78, 5) is 13.2. The first kappa shape index (κ1) is 13.4. The fourth-order valence-electron chi connectivity index (χ4n) is 1.20. The minimum atomic E-state index is 0.0461. The molecule has 0 aliphatic heterocycles. The van der Waals surface area contributed by atoms with Crippen LogP contribution in [0.25, 0.3) is 0 Å². The van der Waals surface area contributed by atoms with E-state index in [2.05, 4.69) is 0 Å². The van der Waals surface area contributed by atoms with Gasteiger partial charge in [0.05, 0.1) is 13.0 Å². The second-order valence-corrected chi connectivity index (χ2v) is 4.22. The van der Waals surface area contributed by atoms with Crippen molar-refractivity contribution < 1.29 is 9.53 Å². The first-order chi connectivity index (χ1) is 8.00. The van der Waals surface area contributed by atoms with E-state index in [0.717, 1.165) is 5.56 Å². The van der Waals surface area contributed by atoms with E-state index < -0.39 is 0 Å². The molecule has 0 aliphatic rings. The second-order valence-electron chi connectivity index (χ2n) is 3.78. The van der Waals surface area contributed by atoms with Crippen molar-refractivity contribution in [2.24, 2.45) is 5.73 Å². The topological polar surface area (TPSA) is 55.6 Å². The third-order valence-electron chi connectivity index (χ3n) is 2.22. The lowest BCUT2D eigenvalue weighted by atomic mass is 10.2. The van der Waals surface area contributed by atoms with Gasteiger partial charge < -0.3 is 15.4 Å². The molecule has 0 radical (unpaired) electrons. The normalized spacial score (nSPS) is 9.76. The summed E-state index contributed by atoms with van der Waals surface area (Å²) in [6.07, 6.45) is 0.365. The third-order valence-corrected chi connectivity index (χ3v) is 2.46. The number of thiocarbonyl (C=S) groups is 1. The van der Waals surface area contributed by atoms with E-state index in [1.807, 2.05) is 0 Å². The molecule has 0 saturated heterocycles. The second kappa shape index (κ2) is 6.20. The number of nitrogens with zero attached hydrogens (tertiary/aromatic N) is 1. The molecule has 0 saturated carbocycles. The van der Waals surface area contributed by atoms with Gasteiger partial charge in [0.15, 0.2) is 0 Å². The van der Waals surface area contributed by atoms with Gasteiger partial charge in [-0.2, -0.15) is 0 Å². The number of carbonyl (C=O) groups is 1. The van der Waals surface area contributed by atoms with Crippen LogP contribution < -0.4 is 10.5 Å². The van der Waals surface area contributed by atoms with Crippen molar-refractivity contribution in [1.82, 2.24) is 4.90 Å². The molecule has 0 bridgehead atoms.